The second-order valence-corrected chi connectivity index (χ2v) is 8.16. The van der Waals surface area contributed by atoms with Crippen molar-refractivity contribution < 1.29 is 19.0 Å². The van der Waals surface area contributed by atoms with Gasteiger partial charge in [-0.1, -0.05) is 41.3 Å². The number of nitrogens with one attached hydrogen (secondary N) is 2. The molecule has 0 aliphatic rings. The Bertz CT molecular complexity index is 957. The molecule has 3 aromatic rings. The van der Waals surface area contributed by atoms with Crippen LogP contribution in [0.15, 0.2) is 46.8 Å². The molecule has 1 heterocycles. The highest BCUT2D eigenvalue weighted by molar-refractivity contribution is 8.01. The summed E-state index contributed by atoms with van der Waals surface area (Å²) in [6.07, 6.45) is 0. The molecule has 30 heavy (non-hydrogen) atoms. The molecule has 0 saturated heterocycles. The maximum atomic E-state index is 12.2. The zero-order chi connectivity index (χ0) is 21.3. The number of methoxy groups -OCH3 is 3. The Kier molecular flexibility index (Phi) is 7.75. The number of rotatable bonds is 10. The fourth-order valence-corrected chi connectivity index (χ4v) is 4.18. The van der Waals surface area contributed by atoms with Crippen molar-refractivity contribution in [1.82, 2.24) is 15.5 Å². The molecule has 10 heteroatoms. The maximum absolute atomic E-state index is 12.2. The quantitative estimate of drug-likeness (QED) is 0.455. The highest BCUT2D eigenvalue weighted by Gasteiger charge is 2.14. The Morgan fingerprint density at radius 3 is 2.37 bits per heavy atom. The van der Waals surface area contributed by atoms with Crippen molar-refractivity contribution in [2.24, 2.45) is 0 Å². The minimum atomic E-state index is -0.110. The summed E-state index contributed by atoms with van der Waals surface area (Å²) in [5.74, 6) is 1.73. The second-order valence-electron chi connectivity index (χ2n) is 5.96. The zero-order valence-corrected chi connectivity index (χ0v) is 18.4. The van der Waals surface area contributed by atoms with E-state index in [1.807, 2.05) is 30.3 Å². The SMILES string of the molecule is COc1cc(CNC(=O)CSc2nnc(Nc3ccccc3)s2)cc(OC)c1OC. The molecule has 158 valence electrons. The molecule has 1 aromatic heterocycles. The van der Waals surface area contributed by atoms with E-state index >= 15 is 0 Å². The standard InChI is InChI=1S/C20H22N4O4S2/c1-26-15-9-13(10-16(27-2)18(15)28-3)11-21-17(25)12-29-20-24-23-19(30-20)22-14-7-5-4-6-8-14/h4-10H,11-12H2,1-3H3,(H,21,25)(H,22,23). The first-order valence-electron chi connectivity index (χ1n) is 8.97. The summed E-state index contributed by atoms with van der Waals surface area (Å²) in [5, 5.41) is 15.0. The van der Waals surface area contributed by atoms with E-state index in [9.17, 15) is 4.79 Å². The molecule has 0 radical (unpaired) electrons. The molecular formula is C20H22N4O4S2. The summed E-state index contributed by atoms with van der Waals surface area (Å²) in [6, 6.07) is 13.3. The topological polar surface area (TPSA) is 94.6 Å². The van der Waals surface area contributed by atoms with Crippen LogP contribution in [-0.4, -0.2) is 43.2 Å². The number of para-hydroxylation sites is 1. The molecule has 1 amide bonds. The molecule has 0 aliphatic heterocycles. The van der Waals surface area contributed by atoms with Crippen molar-refractivity contribution in [2.75, 3.05) is 32.4 Å². The number of thioether (sulfide) groups is 1. The van der Waals surface area contributed by atoms with Gasteiger partial charge in [0.05, 0.1) is 27.1 Å². The Balaban J connectivity index is 1.51. The Morgan fingerprint density at radius 1 is 1.03 bits per heavy atom. The number of ether oxygens (including phenoxy) is 3. The first-order chi connectivity index (χ1) is 14.6. The molecule has 0 fully saturated rings. The van der Waals surface area contributed by atoms with Gasteiger partial charge in [0.25, 0.3) is 0 Å². The fraction of sp³-hybridized carbons (Fsp3) is 0.250. The molecule has 0 spiro atoms. The third-order valence-corrected chi connectivity index (χ3v) is 5.94. The van der Waals surface area contributed by atoms with Crippen molar-refractivity contribution in [1.29, 1.82) is 0 Å². The van der Waals surface area contributed by atoms with E-state index in [2.05, 4.69) is 20.8 Å². The third-order valence-electron chi connectivity index (χ3n) is 3.97. The number of hydrogen-bond donors (Lipinski definition) is 2. The number of carbonyl (C=O) groups excluding carboxylic acids is 1. The summed E-state index contributed by atoms with van der Waals surface area (Å²) in [7, 11) is 4.66. The van der Waals surface area contributed by atoms with Gasteiger partial charge in [0.15, 0.2) is 15.8 Å². The Labute approximate surface area is 183 Å². The van der Waals surface area contributed by atoms with Crippen molar-refractivity contribution in [3.8, 4) is 17.2 Å². The smallest absolute Gasteiger partial charge is 0.230 e. The van der Waals surface area contributed by atoms with Crippen LogP contribution < -0.4 is 24.8 Å². The normalized spacial score (nSPS) is 10.4. The lowest BCUT2D eigenvalue weighted by molar-refractivity contribution is -0.118. The lowest BCUT2D eigenvalue weighted by Gasteiger charge is -2.14. The van der Waals surface area contributed by atoms with E-state index in [-0.39, 0.29) is 11.7 Å². The largest absolute Gasteiger partial charge is 0.493 e. The van der Waals surface area contributed by atoms with Crippen LogP contribution >= 0.6 is 23.1 Å². The van der Waals surface area contributed by atoms with Crippen molar-refractivity contribution in [3.63, 3.8) is 0 Å². The first-order valence-corrected chi connectivity index (χ1v) is 10.8. The number of hydrogen-bond acceptors (Lipinski definition) is 9. The monoisotopic (exact) mass is 446 g/mol. The van der Waals surface area contributed by atoms with E-state index in [1.165, 1.54) is 23.1 Å². The molecule has 0 aliphatic carbocycles. The zero-order valence-electron chi connectivity index (χ0n) is 16.8. The van der Waals surface area contributed by atoms with Crippen LogP contribution in [0.25, 0.3) is 0 Å². The van der Waals surface area contributed by atoms with E-state index in [0.717, 1.165) is 15.6 Å². The van der Waals surface area contributed by atoms with Gasteiger partial charge >= 0.3 is 0 Å². The van der Waals surface area contributed by atoms with Gasteiger partial charge in [-0.3, -0.25) is 4.79 Å². The van der Waals surface area contributed by atoms with E-state index in [1.54, 1.807) is 33.5 Å². The number of anilines is 2. The Morgan fingerprint density at radius 2 is 1.73 bits per heavy atom. The van der Waals surface area contributed by atoms with Gasteiger partial charge in [-0.25, -0.2) is 0 Å². The molecule has 0 atom stereocenters. The summed E-state index contributed by atoms with van der Waals surface area (Å²) in [6.45, 7) is 0.340. The van der Waals surface area contributed by atoms with Crippen LogP contribution in [0.1, 0.15) is 5.56 Å². The van der Waals surface area contributed by atoms with Crippen molar-refractivity contribution in [2.45, 2.75) is 10.9 Å². The number of nitrogens with zero attached hydrogens (tertiary/aromatic N) is 2. The van der Waals surface area contributed by atoms with Gasteiger partial charge in [-0.15, -0.1) is 10.2 Å². The molecule has 2 aromatic carbocycles. The molecule has 0 unspecified atom stereocenters. The maximum Gasteiger partial charge on any atom is 0.230 e. The van der Waals surface area contributed by atoms with Crippen molar-refractivity contribution in [3.05, 3.63) is 48.0 Å². The minimum absolute atomic E-state index is 0.110. The molecular weight excluding hydrogens is 424 g/mol. The van der Waals surface area contributed by atoms with Crippen LogP contribution in [0, 0.1) is 0 Å². The van der Waals surface area contributed by atoms with Gasteiger partial charge in [-0.05, 0) is 29.8 Å². The van der Waals surface area contributed by atoms with Gasteiger partial charge in [-0.2, -0.15) is 0 Å². The van der Waals surface area contributed by atoms with Crippen LogP contribution in [0.4, 0.5) is 10.8 Å². The van der Waals surface area contributed by atoms with Crippen LogP contribution in [0.3, 0.4) is 0 Å². The lowest BCUT2D eigenvalue weighted by Crippen LogP contribution is -2.24. The van der Waals surface area contributed by atoms with Gasteiger partial charge in [0.2, 0.25) is 16.8 Å². The van der Waals surface area contributed by atoms with E-state index < -0.39 is 0 Å². The van der Waals surface area contributed by atoms with Crippen molar-refractivity contribution >= 4 is 39.8 Å². The highest BCUT2D eigenvalue weighted by atomic mass is 32.2. The number of carbonyl (C=O) groups is 1. The van der Waals surface area contributed by atoms with E-state index in [4.69, 9.17) is 14.2 Å². The third kappa shape index (κ3) is 5.77. The van der Waals surface area contributed by atoms with Gasteiger partial charge in [0, 0.05) is 12.2 Å². The number of aromatic nitrogens is 2. The summed E-state index contributed by atoms with van der Waals surface area (Å²) in [4.78, 5) is 12.2. The average Bonchev–Trinajstić information content (AvgIpc) is 3.23. The van der Waals surface area contributed by atoms with Gasteiger partial charge < -0.3 is 24.8 Å². The highest BCUT2D eigenvalue weighted by Crippen LogP contribution is 2.38. The second kappa shape index (κ2) is 10.7. The van der Waals surface area contributed by atoms with Crippen LogP contribution in [0.2, 0.25) is 0 Å². The van der Waals surface area contributed by atoms with Crippen LogP contribution in [-0.2, 0) is 11.3 Å². The first kappa shape index (κ1) is 21.7. The molecule has 2 N–H and O–H groups in total. The Hall–Kier alpha value is -2.98. The average molecular weight is 447 g/mol. The van der Waals surface area contributed by atoms with Crippen LogP contribution in [0.5, 0.6) is 17.2 Å². The summed E-state index contributed by atoms with van der Waals surface area (Å²) in [5.41, 5.74) is 1.78. The molecule has 3 rings (SSSR count). The summed E-state index contributed by atoms with van der Waals surface area (Å²) < 4.78 is 16.7. The fourth-order valence-electron chi connectivity index (χ4n) is 2.58. The predicted octanol–water partition coefficient (Wildman–Crippen LogP) is 3.72. The predicted molar refractivity (Wildman–Crippen MR) is 118 cm³/mol. The van der Waals surface area contributed by atoms with E-state index in [0.29, 0.717) is 28.9 Å². The lowest BCUT2D eigenvalue weighted by atomic mass is 10.2. The summed E-state index contributed by atoms with van der Waals surface area (Å²) >= 11 is 2.74. The molecule has 8 nitrogen and oxygen atoms in total. The number of amides is 1. The molecule has 0 saturated carbocycles. The number of benzene rings is 2. The molecule has 0 bridgehead atoms. The van der Waals surface area contributed by atoms with Gasteiger partial charge in [0.1, 0.15) is 0 Å². The minimum Gasteiger partial charge on any atom is -0.493 e.